The molecule has 0 bridgehead atoms. The maximum Gasteiger partial charge on any atom is 0.246 e. The van der Waals surface area contributed by atoms with Crippen molar-refractivity contribution in [2.45, 2.75) is 18.7 Å². The average molecular weight is 321 g/mol. The van der Waals surface area contributed by atoms with E-state index < -0.39 is 39.0 Å². The van der Waals surface area contributed by atoms with Crippen LogP contribution in [0.5, 0.6) is 0 Å². The van der Waals surface area contributed by atoms with Gasteiger partial charge < -0.3 is 11.1 Å². The highest BCUT2D eigenvalue weighted by Gasteiger charge is 2.29. The molecule has 1 amide bonds. The minimum absolute atomic E-state index is 0.0741. The Morgan fingerprint density at radius 1 is 1.33 bits per heavy atom. The summed E-state index contributed by atoms with van der Waals surface area (Å²) in [4.78, 5) is 10.6. The molecular formula is C12H17F2N3O3S. The molecule has 0 aliphatic carbocycles. The predicted octanol–water partition coefficient (Wildman–Crippen LogP) is 0.694. The van der Waals surface area contributed by atoms with Gasteiger partial charge in [-0.15, -0.1) is 0 Å². The fourth-order valence-electron chi connectivity index (χ4n) is 1.69. The van der Waals surface area contributed by atoms with Gasteiger partial charge in [0.2, 0.25) is 15.9 Å². The number of hydrogen-bond donors (Lipinski definition) is 2. The maximum absolute atomic E-state index is 13.7. The fourth-order valence-corrected chi connectivity index (χ4v) is 3.20. The second kappa shape index (κ2) is 6.81. The Morgan fingerprint density at radius 3 is 2.48 bits per heavy atom. The monoisotopic (exact) mass is 321 g/mol. The predicted molar refractivity (Wildman–Crippen MR) is 73.9 cm³/mol. The van der Waals surface area contributed by atoms with E-state index in [1.807, 2.05) is 0 Å². The lowest BCUT2D eigenvalue weighted by molar-refractivity contribution is -0.121. The van der Waals surface area contributed by atoms with E-state index in [0.717, 1.165) is 10.4 Å². The van der Waals surface area contributed by atoms with E-state index in [2.05, 4.69) is 5.32 Å². The number of hydrogen-bond acceptors (Lipinski definition) is 4. The molecule has 21 heavy (non-hydrogen) atoms. The summed E-state index contributed by atoms with van der Waals surface area (Å²) in [6, 6.07) is 1.52. The molecule has 1 aromatic carbocycles. The summed E-state index contributed by atoms with van der Waals surface area (Å²) < 4.78 is 52.4. The first kappa shape index (κ1) is 17.3. The Hall–Kier alpha value is -1.74. The third-order valence-corrected chi connectivity index (χ3v) is 4.60. The molecular weight excluding hydrogens is 304 g/mol. The second-order valence-electron chi connectivity index (χ2n) is 4.20. The Balaban J connectivity index is 3.22. The van der Waals surface area contributed by atoms with Gasteiger partial charge >= 0.3 is 0 Å². The van der Waals surface area contributed by atoms with E-state index in [4.69, 9.17) is 5.73 Å². The van der Waals surface area contributed by atoms with Crippen LogP contribution in [0.1, 0.15) is 13.8 Å². The van der Waals surface area contributed by atoms with Crippen molar-refractivity contribution in [3.63, 3.8) is 0 Å². The van der Waals surface area contributed by atoms with Gasteiger partial charge in [0.15, 0.2) is 11.6 Å². The number of benzene rings is 1. The van der Waals surface area contributed by atoms with Crippen molar-refractivity contribution in [3.8, 4) is 0 Å². The summed E-state index contributed by atoms with van der Waals surface area (Å²) in [5, 5.41) is 2.43. The lowest BCUT2D eigenvalue weighted by Gasteiger charge is -2.20. The molecule has 0 aliphatic rings. The van der Waals surface area contributed by atoms with Crippen molar-refractivity contribution in [2.24, 2.45) is 0 Å². The first-order valence-corrected chi connectivity index (χ1v) is 7.69. The molecule has 1 rings (SSSR count). The molecule has 0 spiro atoms. The van der Waals surface area contributed by atoms with Crippen LogP contribution in [0.4, 0.5) is 14.5 Å². The van der Waals surface area contributed by atoms with Gasteiger partial charge in [-0.2, -0.15) is 4.31 Å². The zero-order chi connectivity index (χ0) is 16.2. The van der Waals surface area contributed by atoms with Crippen molar-refractivity contribution < 1.29 is 22.0 Å². The van der Waals surface area contributed by atoms with Gasteiger partial charge in [0.05, 0.1) is 6.54 Å². The van der Waals surface area contributed by atoms with Gasteiger partial charge in [0, 0.05) is 18.8 Å². The number of carbonyl (C=O) groups is 1. The molecule has 0 heterocycles. The van der Waals surface area contributed by atoms with Gasteiger partial charge in [-0.3, -0.25) is 4.79 Å². The SMILES string of the molecule is CCNC(=O)CN(CC)S(=O)(=O)c1cc(N)cc(F)c1F. The standard InChI is InChI=1S/C12H17F2N3O3S/c1-3-16-11(18)7-17(4-2)21(19,20)10-6-8(15)5-9(13)12(10)14/h5-6H,3-4,7,15H2,1-2H3,(H,16,18). The summed E-state index contributed by atoms with van der Waals surface area (Å²) >= 11 is 0. The van der Waals surface area contributed by atoms with Crippen LogP contribution < -0.4 is 11.1 Å². The molecule has 3 N–H and O–H groups in total. The largest absolute Gasteiger partial charge is 0.399 e. The zero-order valence-electron chi connectivity index (χ0n) is 11.7. The highest BCUT2D eigenvalue weighted by Crippen LogP contribution is 2.24. The van der Waals surface area contributed by atoms with Crippen LogP contribution in [-0.4, -0.2) is 38.3 Å². The van der Waals surface area contributed by atoms with Crippen molar-refractivity contribution in [2.75, 3.05) is 25.4 Å². The van der Waals surface area contributed by atoms with Crippen molar-refractivity contribution in [1.82, 2.24) is 9.62 Å². The summed E-state index contributed by atoms with van der Waals surface area (Å²) in [6.07, 6.45) is 0. The summed E-state index contributed by atoms with van der Waals surface area (Å²) in [5.41, 5.74) is 5.13. The summed E-state index contributed by atoms with van der Waals surface area (Å²) in [6.45, 7) is 2.93. The van der Waals surface area contributed by atoms with Crippen LogP contribution in [0.25, 0.3) is 0 Å². The van der Waals surface area contributed by atoms with E-state index in [9.17, 15) is 22.0 Å². The normalized spacial score (nSPS) is 11.7. The number of nitrogens with zero attached hydrogens (tertiary/aromatic N) is 1. The molecule has 0 saturated heterocycles. The molecule has 0 unspecified atom stereocenters. The first-order chi connectivity index (χ1) is 9.73. The molecule has 0 fully saturated rings. The van der Waals surface area contributed by atoms with Gasteiger partial charge in [0.25, 0.3) is 0 Å². The first-order valence-electron chi connectivity index (χ1n) is 6.25. The second-order valence-corrected chi connectivity index (χ2v) is 6.11. The molecule has 0 radical (unpaired) electrons. The smallest absolute Gasteiger partial charge is 0.246 e. The molecule has 0 atom stereocenters. The van der Waals surface area contributed by atoms with E-state index in [1.165, 1.54) is 6.92 Å². The highest BCUT2D eigenvalue weighted by molar-refractivity contribution is 7.89. The number of sulfonamides is 1. The topological polar surface area (TPSA) is 92.5 Å². The Bertz CT molecular complexity index is 635. The quantitative estimate of drug-likeness (QED) is 0.754. The number of anilines is 1. The third kappa shape index (κ3) is 3.88. The molecule has 0 aromatic heterocycles. The molecule has 6 nitrogen and oxygen atoms in total. The van der Waals surface area contributed by atoms with Crippen LogP contribution in [0.3, 0.4) is 0 Å². The van der Waals surface area contributed by atoms with Crippen molar-refractivity contribution in [1.29, 1.82) is 0 Å². The van der Waals surface area contributed by atoms with Gasteiger partial charge in [-0.1, -0.05) is 6.92 Å². The minimum Gasteiger partial charge on any atom is -0.399 e. The number of halogens is 2. The van der Waals surface area contributed by atoms with Crippen LogP contribution in [0.2, 0.25) is 0 Å². The number of nitrogen functional groups attached to an aromatic ring is 1. The van der Waals surface area contributed by atoms with E-state index in [-0.39, 0.29) is 12.2 Å². The lowest BCUT2D eigenvalue weighted by atomic mass is 10.3. The fraction of sp³-hybridized carbons (Fsp3) is 0.417. The van der Waals surface area contributed by atoms with E-state index in [1.54, 1.807) is 6.92 Å². The zero-order valence-corrected chi connectivity index (χ0v) is 12.5. The van der Waals surface area contributed by atoms with Gasteiger partial charge in [-0.05, 0) is 19.1 Å². The molecule has 0 aliphatic heterocycles. The van der Waals surface area contributed by atoms with E-state index in [0.29, 0.717) is 12.6 Å². The molecule has 1 aromatic rings. The maximum atomic E-state index is 13.7. The molecule has 9 heteroatoms. The third-order valence-electron chi connectivity index (χ3n) is 2.68. The molecule has 0 saturated carbocycles. The van der Waals surface area contributed by atoms with Crippen molar-refractivity contribution in [3.05, 3.63) is 23.8 Å². The number of rotatable bonds is 6. The lowest BCUT2D eigenvalue weighted by Crippen LogP contribution is -2.40. The van der Waals surface area contributed by atoms with Crippen LogP contribution in [0, 0.1) is 11.6 Å². The van der Waals surface area contributed by atoms with Crippen LogP contribution >= 0.6 is 0 Å². The van der Waals surface area contributed by atoms with Crippen LogP contribution in [-0.2, 0) is 14.8 Å². The Labute approximate surface area is 122 Å². The minimum atomic E-state index is -4.36. The Morgan fingerprint density at radius 2 is 1.95 bits per heavy atom. The van der Waals surface area contributed by atoms with Crippen molar-refractivity contribution >= 4 is 21.6 Å². The summed E-state index contributed by atoms with van der Waals surface area (Å²) in [5.74, 6) is -3.41. The molecule has 118 valence electrons. The number of likely N-dealkylation sites (N-methyl/N-ethyl adjacent to an activating group) is 2. The summed E-state index contributed by atoms with van der Waals surface area (Å²) in [7, 11) is -4.36. The number of nitrogens with two attached hydrogens (primary N) is 1. The average Bonchev–Trinajstić information content (AvgIpc) is 2.40. The highest BCUT2D eigenvalue weighted by atomic mass is 32.2. The number of carbonyl (C=O) groups excluding carboxylic acids is 1. The van der Waals surface area contributed by atoms with E-state index >= 15 is 0 Å². The number of amides is 1. The van der Waals surface area contributed by atoms with Gasteiger partial charge in [-0.25, -0.2) is 17.2 Å². The Kier molecular flexibility index (Phi) is 5.62. The van der Waals surface area contributed by atoms with Gasteiger partial charge in [0.1, 0.15) is 4.90 Å². The van der Waals surface area contributed by atoms with Crippen LogP contribution in [0.15, 0.2) is 17.0 Å². The number of nitrogens with one attached hydrogen (secondary N) is 1.